The quantitative estimate of drug-likeness (QED) is 0.186. The molecule has 0 fully saturated rings. The van der Waals surface area contributed by atoms with Gasteiger partial charge in [-0.25, -0.2) is 15.0 Å². The topological polar surface area (TPSA) is 51.8 Å². The van der Waals surface area contributed by atoms with Crippen LogP contribution >= 0.6 is 0 Å². The van der Waals surface area contributed by atoms with Crippen LogP contribution in [0.1, 0.15) is 0 Å². The van der Waals surface area contributed by atoms with Crippen LogP contribution in [-0.2, 0) is 0 Å². The number of fused-ring (bicyclic) bond motifs is 6. The van der Waals surface area contributed by atoms with E-state index in [1.807, 2.05) is 60.7 Å². The molecule has 0 aliphatic rings. The number of furan rings is 1. The molecule has 0 unspecified atom stereocenters. The van der Waals surface area contributed by atoms with Gasteiger partial charge in [-0.2, -0.15) is 0 Å². The second kappa shape index (κ2) is 11.9. The van der Waals surface area contributed by atoms with Crippen LogP contribution in [-0.4, -0.2) is 15.0 Å². The highest BCUT2D eigenvalue weighted by Gasteiger charge is 2.19. The predicted octanol–water partition coefficient (Wildman–Crippen LogP) is 12.4. The third-order valence-electron chi connectivity index (χ3n) is 9.72. The molecule has 8 aromatic carbocycles. The molecule has 10 aromatic rings. The fraction of sp³-hybridized carbons (Fsp3) is 0. The number of benzene rings is 8. The van der Waals surface area contributed by atoms with E-state index in [2.05, 4.69) is 115 Å². The molecule has 0 aliphatic carbocycles. The first-order valence-electron chi connectivity index (χ1n) is 17.1. The van der Waals surface area contributed by atoms with Gasteiger partial charge >= 0.3 is 0 Å². The minimum absolute atomic E-state index is 0.620. The Morgan fingerprint density at radius 2 is 0.922 bits per heavy atom. The first kappa shape index (κ1) is 29.0. The van der Waals surface area contributed by atoms with Crippen LogP contribution in [0.15, 0.2) is 180 Å². The van der Waals surface area contributed by atoms with Crippen molar-refractivity contribution in [3.63, 3.8) is 0 Å². The zero-order valence-electron chi connectivity index (χ0n) is 27.5. The lowest BCUT2D eigenvalue weighted by molar-refractivity contribution is 0.673. The van der Waals surface area contributed by atoms with Gasteiger partial charge in [-0.1, -0.05) is 152 Å². The van der Waals surface area contributed by atoms with Crippen LogP contribution in [0.4, 0.5) is 0 Å². The van der Waals surface area contributed by atoms with Gasteiger partial charge < -0.3 is 4.42 Å². The summed E-state index contributed by atoms with van der Waals surface area (Å²) in [5.74, 6) is 1.89. The highest BCUT2D eigenvalue weighted by molar-refractivity contribution is 6.19. The molecule has 2 heterocycles. The van der Waals surface area contributed by atoms with Gasteiger partial charge in [-0.3, -0.25) is 0 Å². The Bertz CT molecular complexity index is 2840. The van der Waals surface area contributed by atoms with Crippen LogP contribution in [0.2, 0.25) is 0 Å². The Hall–Kier alpha value is -6.91. The molecule has 0 spiro atoms. The van der Waals surface area contributed by atoms with Gasteiger partial charge in [0.1, 0.15) is 11.2 Å². The average molecular weight is 652 g/mol. The molecule has 2 aromatic heterocycles. The maximum atomic E-state index is 6.63. The van der Waals surface area contributed by atoms with Crippen molar-refractivity contribution in [3.05, 3.63) is 176 Å². The lowest BCUT2D eigenvalue weighted by atomic mass is 9.94. The monoisotopic (exact) mass is 651 g/mol. The summed E-state index contributed by atoms with van der Waals surface area (Å²) < 4.78 is 6.63. The van der Waals surface area contributed by atoms with Gasteiger partial charge in [0.05, 0.1) is 0 Å². The Morgan fingerprint density at radius 1 is 0.314 bits per heavy atom. The molecule has 10 rings (SSSR count). The van der Waals surface area contributed by atoms with Crippen LogP contribution < -0.4 is 0 Å². The second-order valence-corrected chi connectivity index (χ2v) is 12.8. The van der Waals surface area contributed by atoms with E-state index in [-0.39, 0.29) is 0 Å². The lowest BCUT2D eigenvalue weighted by Gasteiger charge is -2.11. The van der Waals surface area contributed by atoms with Crippen LogP contribution in [0.5, 0.6) is 0 Å². The van der Waals surface area contributed by atoms with E-state index in [1.165, 1.54) is 27.5 Å². The zero-order valence-corrected chi connectivity index (χ0v) is 27.5. The number of rotatable bonds is 5. The van der Waals surface area contributed by atoms with Crippen LogP contribution in [0.25, 0.3) is 99.9 Å². The molecule has 51 heavy (non-hydrogen) atoms. The Morgan fingerprint density at radius 3 is 1.63 bits per heavy atom. The van der Waals surface area contributed by atoms with Crippen molar-refractivity contribution in [2.24, 2.45) is 0 Å². The Balaban J connectivity index is 1.18. The minimum Gasteiger partial charge on any atom is -0.455 e. The summed E-state index contributed by atoms with van der Waals surface area (Å²) in [6.07, 6.45) is 0. The summed E-state index contributed by atoms with van der Waals surface area (Å²) in [6, 6.07) is 61.1. The third kappa shape index (κ3) is 5.04. The van der Waals surface area contributed by atoms with Crippen molar-refractivity contribution in [3.8, 4) is 56.4 Å². The first-order chi connectivity index (χ1) is 25.3. The minimum atomic E-state index is 0.620. The van der Waals surface area contributed by atoms with Gasteiger partial charge in [0, 0.05) is 32.8 Å². The van der Waals surface area contributed by atoms with Gasteiger partial charge in [0.25, 0.3) is 0 Å². The van der Waals surface area contributed by atoms with Crippen molar-refractivity contribution in [2.75, 3.05) is 0 Å². The summed E-state index contributed by atoms with van der Waals surface area (Å²) in [5.41, 5.74) is 9.24. The SMILES string of the molecule is c1ccc(-c2ccc3c(-c4ccc5oc6c7ccccc7c(-c7nc(-c8ccccc8)nc(-c8ccccc8)n7)cc6c5c4)cccc3c2)cc1. The number of hydrogen-bond donors (Lipinski definition) is 0. The number of hydrogen-bond acceptors (Lipinski definition) is 4. The number of nitrogens with zero attached hydrogens (tertiary/aromatic N) is 3. The molecule has 0 aliphatic heterocycles. The van der Waals surface area contributed by atoms with E-state index in [0.717, 1.165) is 55.0 Å². The van der Waals surface area contributed by atoms with Gasteiger partial charge in [-0.05, 0) is 62.7 Å². The fourth-order valence-corrected chi connectivity index (χ4v) is 7.23. The summed E-state index contributed by atoms with van der Waals surface area (Å²) in [5, 5.41) is 6.53. The van der Waals surface area contributed by atoms with Gasteiger partial charge in [-0.15, -0.1) is 0 Å². The summed E-state index contributed by atoms with van der Waals surface area (Å²) in [6.45, 7) is 0. The highest BCUT2D eigenvalue weighted by Crippen LogP contribution is 2.41. The first-order valence-corrected chi connectivity index (χ1v) is 17.1. The molecule has 0 saturated carbocycles. The summed E-state index contributed by atoms with van der Waals surface area (Å²) in [4.78, 5) is 15.1. The van der Waals surface area contributed by atoms with E-state index in [9.17, 15) is 0 Å². The maximum absolute atomic E-state index is 6.63. The standard InChI is InChI=1S/C47H29N3O/c1-4-13-30(14-5-1)33-23-25-37-34(27-33)19-12-22-36(37)35-24-26-43-40(28-35)41-29-42(38-20-10-11-21-39(38)44(41)51-43)47-49-45(31-15-6-2-7-16-31)48-46(50-47)32-17-8-3-9-18-32/h1-29H. The van der Waals surface area contributed by atoms with Crippen molar-refractivity contribution in [1.82, 2.24) is 15.0 Å². The largest absolute Gasteiger partial charge is 0.455 e. The van der Waals surface area contributed by atoms with E-state index in [4.69, 9.17) is 19.4 Å². The maximum Gasteiger partial charge on any atom is 0.164 e. The molecule has 4 heteroatoms. The molecule has 0 amide bonds. The molecule has 0 bridgehead atoms. The Kier molecular flexibility index (Phi) is 6.78. The summed E-state index contributed by atoms with van der Waals surface area (Å²) >= 11 is 0. The highest BCUT2D eigenvalue weighted by atomic mass is 16.3. The van der Waals surface area contributed by atoms with Crippen molar-refractivity contribution in [2.45, 2.75) is 0 Å². The lowest BCUT2D eigenvalue weighted by Crippen LogP contribution is -2.00. The third-order valence-corrected chi connectivity index (χ3v) is 9.72. The van der Waals surface area contributed by atoms with Gasteiger partial charge in [0.15, 0.2) is 17.5 Å². The average Bonchev–Trinajstić information content (AvgIpc) is 3.59. The van der Waals surface area contributed by atoms with E-state index >= 15 is 0 Å². The van der Waals surface area contributed by atoms with E-state index < -0.39 is 0 Å². The van der Waals surface area contributed by atoms with Crippen LogP contribution in [0, 0.1) is 0 Å². The Labute approximate surface area is 294 Å². The molecule has 0 atom stereocenters. The van der Waals surface area contributed by atoms with Gasteiger partial charge in [0.2, 0.25) is 0 Å². The van der Waals surface area contributed by atoms with Crippen LogP contribution in [0.3, 0.4) is 0 Å². The molecular formula is C47H29N3O. The molecule has 4 nitrogen and oxygen atoms in total. The number of aromatic nitrogens is 3. The molecule has 0 saturated heterocycles. The van der Waals surface area contributed by atoms with E-state index in [0.29, 0.717) is 17.5 Å². The summed E-state index contributed by atoms with van der Waals surface area (Å²) in [7, 11) is 0. The van der Waals surface area contributed by atoms with Crippen molar-refractivity contribution in [1.29, 1.82) is 0 Å². The second-order valence-electron chi connectivity index (χ2n) is 12.8. The van der Waals surface area contributed by atoms with E-state index in [1.54, 1.807) is 0 Å². The molecular weight excluding hydrogens is 623 g/mol. The van der Waals surface area contributed by atoms with Crippen molar-refractivity contribution >= 4 is 43.5 Å². The normalized spacial score (nSPS) is 11.5. The molecule has 0 N–H and O–H groups in total. The van der Waals surface area contributed by atoms with Crippen molar-refractivity contribution < 1.29 is 4.42 Å². The fourth-order valence-electron chi connectivity index (χ4n) is 7.23. The molecule has 0 radical (unpaired) electrons. The predicted molar refractivity (Wildman–Crippen MR) is 209 cm³/mol. The zero-order chi connectivity index (χ0) is 33.7. The molecule has 238 valence electrons. The smallest absolute Gasteiger partial charge is 0.164 e.